The minimum absolute atomic E-state index is 0.176. The van der Waals surface area contributed by atoms with Crippen LogP contribution in [0.2, 0.25) is 0 Å². The van der Waals surface area contributed by atoms with Crippen LogP contribution in [-0.2, 0) is 4.74 Å². The number of ether oxygens (including phenoxy) is 1. The van der Waals surface area contributed by atoms with Crippen LogP contribution in [0.3, 0.4) is 0 Å². The summed E-state index contributed by atoms with van der Waals surface area (Å²) in [5, 5.41) is 14.1. The first-order chi connectivity index (χ1) is 8.58. The summed E-state index contributed by atoms with van der Waals surface area (Å²) in [6.45, 7) is 5.24. The van der Waals surface area contributed by atoms with E-state index in [1.165, 1.54) is 0 Å². The molecule has 1 saturated heterocycles. The molecular formula is C13H18N2O3. The Hall–Kier alpha value is -1.62. The smallest absolute Gasteiger partial charge is 0.272 e. The quantitative estimate of drug-likeness (QED) is 0.659. The predicted molar refractivity (Wildman–Crippen MR) is 70.0 cm³/mol. The lowest BCUT2D eigenvalue weighted by Gasteiger charge is -2.14. The van der Waals surface area contributed by atoms with Crippen LogP contribution in [0.1, 0.15) is 24.0 Å². The lowest BCUT2D eigenvalue weighted by Crippen LogP contribution is -2.18. The summed E-state index contributed by atoms with van der Waals surface area (Å²) in [5.41, 5.74) is 2.70. The molecular weight excluding hydrogens is 232 g/mol. The monoisotopic (exact) mass is 250 g/mol. The molecule has 1 aliphatic rings. The lowest BCUT2D eigenvalue weighted by molar-refractivity contribution is -0.385. The zero-order valence-corrected chi connectivity index (χ0v) is 10.7. The second kappa shape index (κ2) is 5.35. The number of nitrogens with zero attached hydrogens (tertiary/aromatic N) is 1. The number of rotatable bonds is 4. The van der Waals surface area contributed by atoms with Crippen LogP contribution >= 0.6 is 0 Å². The van der Waals surface area contributed by atoms with Gasteiger partial charge in [0.1, 0.15) is 0 Å². The van der Waals surface area contributed by atoms with Gasteiger partial charge in [-0.05, 0) is 38.3 Å². The highest BCUT2D eigenvalue weighted by atomic mass is 16.6. The minimum atomic E-state index is -0.341. The normalized spacial score (nSPS) is 18.9. The van der Waals surface area contributed by atoms with Crippen molar-refractivity contribution in [1.29, 1.82) is 0 Å². The van der Waals surface area contributed by atoms with E-state index in [0.717, 1.165) is 37.2 Å². The number of aryl methyl sites for hydroxylation is 2. The Bertz CT molecular complexity index is 454. The molecule has 1 atom stereocenters. The summed E-state index contributed by atoms with van der Waals surface area (Å²) < 4.78 is 5.54. The second-order valence-electron chi connectivity index (χ2n) is 4.73. The number of hydrogen-bond donors (Lipinski definition) is 1. The molecule has 0 bridgehead atoms. The fraction of sp³-hybridized carbons (Fsp3) is 0.538. The number of nitro groups is 1. The first-order valence-corrected chi connectivity index (χ1v) is 6.19. The maximum Gasteiger partial charge on any atom is 0.272 e. The van der Waals surface area contributed by atoms with Crippen molar-refractivity contribution in [3.63, 3.8) is 0 Å². The summed E-state index contributed by atoms with van der Waals surface area (Å²) in [4.78, 5) is 10.5. The summed E-state index contributed by atoms with van der Waals surface area (Å²) in [6.07, 6.45) is 2.46. The van der Waals surface area contributed by atoms with Gasteiger partial charge in [-0.15, -0.1) is 0 Å². The van der Waals surface area contributed by atoms with Gasteiger partial charge in [0.25, 0.3) is 5.69 Å². The van der Waals surface area contributed by atoms with Crippen molar-refractivity contribution in [3.05, 3.63) is 33.4 Å². The molecule has 0 radical (unpaired) electrons. The van der Waals surface area contributed by atoms with Crippen LogP contribution < -0.4 is 5.32 Å². The molecule has 1 heterocycles. The van der Waals surface area contributed by atoms with Gasteiger partial charge in [-0.25, -0.2) is 0 Å². The fourth-order valence-corrected chi connectivity index (χ4v) is 2.22. The van der Waals surface area contributed by atoms with Gasteiger partial charge in [0, 0.05) is 30.5 Å². The van der Waals surface area contributed by atoms with E-state index in [-0.39, 0.29) is 16.7 Å². The topological polar surface area (TPSA) is 64.4 Å². The average molecular weight is 250 g/mol. The Balaban J connectivity index is 2.08. The highest BCUT2D eigenvalue weighted by molar-refractivity contribution is 5.59. The molecule has 1 aromatic carbocycles. The molecule has 0 aromatic heterocycles. The number of nitrogens with one attached hydrogen (secondary N) is 1. The van der Waals surface area contributed by atoms with Crippen LogP contribution in [0, 0.1) is 24.0 Å². The fourth-order valence-electron chi connectivity index (χ4n) is 2.22. The van der Waals surface area contributed by atoms with Gasteiger partial charge in [-0.3, -0.25) is 10.1 Å². The molecule has 0 spiro atoms. The van der Waals surface area contributed by atoms with Crippen molar-refractivity contribution >= 4 is 11.4 Å². The molecule has 1 aromatic rings. The number of benzene rings is 1. The zero-order chi connectivity index (χ0) is 13.1. The van der Waals surface area contributed by atoms with Gasteiger partial charge >= 0.3 is 0 Å². The van der Waals surface area contributed by atoms with Crippen LogP contribution in [0.25, 0.3) is 0 Å². The van der Waals surface area contributed by atoms with Crippen molar-refractivity contribution in [2.24, 2.45) is 0 Å². The molecule has 5 heteroatoms. The van der Waals surface area contributed by atoms with E-state index in [9.17, 15) is 10.1 Å². The molecule has 98 valence electrons. The van der Waals surface area contributed by atoms with Crippen LogP contribution in [-0.4, -0.2) is 24.2 Å². The van der Waals surface area contributed by atoms with Crippen molar-refractivity contribution in [1.82, 2.24) is 0 Å². The van der Waals surface area contributed by atoms with Crippen LogP contribution in [0.15, 0.2) is 12.1 Å². The number of hydrogen-bond acceptors (Lipinski definition) is 4. The summed E-state index contributed by atoms with van der Waals surface area (Å²) in [6, 6.07) is 3.45. The molecule has 1 fully saturated rings. The second-order valence-corrected chi connectivity index (χ2v) is 4.73. The standard InChI is InChI=1S/C13H18N2O3/c1-9-7-13(15(16)17)10(2)6-12(9)14-8-11-4-3-5-18-11/h6-7,11,14H,3-5,8H2,1-2H3. The third-order valence-electron chi connectivity index (χ3n) is 3.28. The lowest BCUT2D eigenvalue weighted by atomic mass is 10.1. The summed E-state index contributed by atoms with van der Waals surface area (Å²) in [5.74, 6) is 0. The first kappa shape index (κ1) is 12.8. The van der Waals surface area contributed by atoms with E-state index in [1.807, 2.05) is 13.0 Å². The van der Waals surface area contributed by atoms with Gasteiger partial charge in [0.15, 0.2) is 0 Å². The van der Waals surface area contributed by atoms with Crippen molar-refractivity contribution in [3.8, 4) is 0 Å². The SMILES string of the molecule is Cc1cc([N+](=O)[O-])c(C)cc1NCC1CCCO1. The van der Waals surface area contributed by atoms with Gasteiger partial charge in [0.2, 0.25) is 0 Å². The van der Waals surface area contributed by atoms with Crippen molar-refractivity contribution in [2.75, 3.05) is 18.5 Å². The molecule has 1 unspecified atom stereocenters. The molecule has 1 N–H and O–H groups in total. The van der Waals surface area contributed by atoms with Crippen LogP contribution in [0.5, 0.6) is 0 Å². The molecule has 1 aliphatic heterocycles. The van der Waals surface area contributed by atoms with E-state index in [2.05, 4.69) is 5.32 Å². The molecule has 0 aliphatic carbocycles. The number of nitro benzene ring substituents is 1. The minimum Gasteiger partial charge on any atom is -0.382 e. The Kier molecular flexibility index (Phi) is 3.81. The highest BCUT2D eigenvalue weighted by Gasteiger charge is 2.17. The molecule has 2 rings (SSSR count). The van der Waals surface area contributed by atoms with Crippen LogP contribution in [0.4, 0.5) is 11.4 Å². The third-order valence-corrected chi connectivity index (χ3v) is 3.28. The van der Waals surface area contributed by atoms with Crippen molar-refractivity contribution in [2.45, 2.75) is 32.8 Å². The Morgan fingerprint density at radius 2 is 2.22 bits per heavy atom. The van der Waals surface area contributed by atoms with E-state index in [4.69, 9.17) is 4.74 Å². The average Bonchev–Trinajstić information content (AvgIpc) is 2.82. The van der Waals surface area contributed by atoms with E-state index in [0.29, 0.717) is 5.56 Å². The van der Waals surface area contributed by atoms with Gasteiger partial charge in [0.05, 0.1) is 11.0 Å². The Labute approximate surface area is 106 Å². The predicted octanol–water partition coefficient (Wildman–Crippen LogP) is 2.80. The molecule has 0 saturated carbocycles. The Morgan fingerprint density at radius 3 is 2.83 bits per heavy atom. The largest absolute Gasteiger partial charge is 0.382 e. The summed E-state index contributed by atoms with van der Waals surface area (Å²) in [7, 11) is 0. The Morgan fingerprint density at radius 1 is 1.44 bits per heavy atom. The zero-order valence-electron chi connectivity index (χ0n) is 10.7. The highest BCUT2D eigenvalue weighted by Crippen LogP contribution is 2.26. The third kappa shape index (κ3) is 2.79. The summed E-state index contributed by atoms with van der Waals surface area (Å²) >= 11 is 0. The maximum atomic E-state index is 10.8. The molecule has 0 amide bonds. The van der Waals surface area contributed by atoms with E-state index < -0.39 is 0 Å². The molecule has 5 nitrogen and oxygen atoms in total. The van der Waals surface area contributed by atoms with Gasteiger partial charge in [-0.1, -0.05) is 0 Å². The van der Waals surface area contributed by atoms with E-state index >= 15 is 0 Å². The first-order valence-electron chi connectivity index (χ1n) is 6.19. The van der Waals surface area contributed by atoms with E-state index in [1.54, 1.807) is 13.0 Å². The van der Waals surface area contributed by atoms with Gasteiger partial charge < -0.3 is 10.1 Å². The van der Waals surface area contributed by atoms with Gasteiger partial charge in [-0.2, -0.15) is 0 Å². The number of anilines is 1. The molecule has 18 heavy (non-hydrogen) atoms. The van der Waals surface area contributed by atoms with Crippen molar-refractivity contribution < 1.29 is 9.66 Å². The maximum absolute atomic E-state index is 10.8.